The molecule has 2 N–H and O–H groups in total. The molecule has 0 radical (unpaired) electrons. The van der Waals surface area contributed by atoms with Gasteiger partial charge in [-0.3, -0.25) is 9.59 Å². The molecule has 0 saturated carbocycles. The number of amides is 1. The molecule has 0 aliphatic heterocycles. The third kappa shape index (κ3) is 4.27. The Balaban J connectivity index is 2.70. The molecule has 92 valence electrons. The number of carboxylic acids is 1. The van der Waals surface area contributed by atoms with Crippen molar-refractivity contribution in [2.24, 2.45) is 5.92 Å². The van der Waals surface area contributed by atoms with E-state index in [0.29, 0.717) is 10.0 Å². The number of carbonyl (C=O) groups excluding carboxylic acids is 1. The van der Waals surface area contributed by atoms with Gasteiger partial charge in [0, 0.05) is 14.6 Å². The first kappa shape index (κ1) is 14.4. The average molecular weight is 412 g/mol. The molecule has 0 saturated heterocycles. The van der Waals surface area contributed by atoms with Gasteiger partial charge in [-0.1, -0.05) is 6.92 Å². The van der Waals surface area contributed by atoms with Crippen LogP contribution < -0.4 is 5.32 Å². The number of nitrogens with one attached hydrogen (secondary N) is 1. The van der Waals surface area contributed by atoms with E-state index >= 15 is 0 Å². The van der Waals surface area contributed by atoms with Crippen LogP contribution in [0.15, 0.2) is 22.7 Å². The van der Waals surface area contributed by atoms with Gasteiger partial charge >= 0.3 is 5.97 Å². The van der Waals surface area contributed by atoms with Crippen LogP contribution in [0.3, 0.4) is 0 Å². The summed E-state index contributed by atoms with van der Waals surface area (Å²) < 4.78 is 1.64. The normalized spacial score (nSPS) is 11.9. The highest BCUT2D eigenvalue weighted by Crippen LogP contribution is 2.19. The van der Waals surface area contributed by atoms with Crippen molar-refractivity contribution in [2.75, 3.05) is 6.54 Å². The fraction of sp³-hybridized carbons (Fsp3) is 0.273. The van der Waals surface area contributed by atoms with Crippen LogP contribution in [0.4, 0.5) is 0 Å². The van der Waals surface area contributed by atoms with Crippen molar-refractivity contribution < 1.29 is 14.7 Å². The van der Waals surface area contributed by atoms with Crippen molar-refractivity contribution in [2.45, 2.75) is 6.92 Å². The third-order valence-corrected chi connectivity index (χ3v) is 3.53. The molecule has 1 atom stereocenters. The predicted molar refractivity (Wildman–Crippen MR) is 76.0 cm³/mol. The molecule has 1 aromatic rings. The van der Waals surface area contributed by atoms with E-state index in [0.717, 1.165) is 3.57 Å². The Labute approximate surface area is 121 Å². The molecule has 6 heteroatoms. The maximum Gasteiger partial charge on any atom is 0.308 e. The number of carbonyl (C=O) groups is 2. The van der Waals surface area contributed by atoms with Gasteiger partial charge in [-0.05, 0) is 56.7 Å². The summed E-state index contributed by atoms with van der Waals surface area (Å²) in [5, 5.41) is 11.3. The SMILES string of the molecule is CC(CNC(=O)c1cc(I)ccc1Br)C(=O)O. The van der Waals surface area contributed by atoms with Crippen LogP contribution in [-0.4, -0.2) is 23.5 Å². The predicted octanol–water partition coefficient (Wildman–Crippen LogP) is 2.50. The third-order valence-electron chi connectivity index (χ3n) is 2.16. The lowest BCUT2D eigenvalue weighted by Crippen LogP contribution is -2.31. The fourth-order valence-corrected chi connectivity index (χ4v) is 2.02. The van der Waals surface area contributed by atoms with E-state index in [-0.39, 0.29) is 12.5 Å². The zero-order valence-electron chi connectivity index (χ0n) is 9.04. The second-order valence-corrected chi connectivity index (χ2v) is 5.67. The number of hydrogen-bond acceptors (Lipinski definition) is 2. The van der Waals surface area contributed by atoms with E-state index in [1.807, 2.05) is 6.07 Å². The smallest absolute Gasteiger partial charge is 0.308 e. The first-order valence-electron chi connectivity index (χ1n) is 4.88. The number of carboxylic acid groups (broad SMARTS) is 1. The van der Waals surface area contributed by atoms with E-state index in [1.54, 1.807) is 19.1 Å². The molecular formula is C11H11BrINO3. The summed E-state index contributed by atoms with van der Waals surface area (Å²) in [6, 6.07) is 5.41. The number of aliphatic carboxylic acids is 1. The summed E-state index contributed by atoms with van der Waals surface area (Å²) in [5.74, 6) is -1.80. The van der Waals surface area contributed by atoms with Gasteiger partial charge in [-0.2, -0.15) is 0 Å². The Hall–Kier alpha value is -0.630. The molecule has 0 spiro atoms. The number of halogens is 2. The summed E-state index contributed by atoms with van der Waals surface area (Å²) in [7, 11) is 0. The monoisotopic (exact) mass is 411 g/mol. The highest BCUT2D eigenvalue weighted by Gasteiger charge is 2.14. The number of rotatable bonds is 4. The maximum absolute atomic E-state index is 11.8. The minimum Gasteiger partial charge on any atom is -0.481 e. The molecule has 1 unspecified atom stereocenters. The minimum absolute atomic E-state index is 0.117. The van der Waals surface area contributed by atoms with E-state index < -0.39 is 11.9 Å². The quantitative estimate of drug-likeness (QED) is 0.748. The van der Waals surface area contributed by atoms with Crippen LogP contribution in [-0.2, 0) is 4.79 Å². The Morgan fingerprint density at radius 3 is 2.76 bits per heavy atom. The van der Waals surface area contributed by atoms with E-state index in [2.05, 4.69) is 43.8 Å². The van der Waals surface area contributed by atoms with Crippen molar-refractivity contribution in [1.29, 1.82) is 0 Å². The summed E-state index contributed by atoms with van der Waals surface area (Å²) >= 11 is 5.40. The Kier molecular flexibility index (Phi) is 5.38. The largest absolute Gasteiger partial charge is 0.481 e. The van der Waals surface area contributed by atoms with Crippen molar-refractivity contribution in [1.82, 2.24) is 5.32 Å². The molecular weight excluding hydrogens is 401 g/mol. The van der Waals surface area contributed by atoms with E-state index in [4.69, 9.17) is 5.11 Å². The molecule has 0 aliphatic carbocycles. The van der Waals surface area contributed by atoms with Crippen molar-refractivity contribution in [3.05, 3.63) is 31.8 Å². The fourth-order valence-electron chi connectivity index (χ4n) is 1.10. The van der Waals surface area contributed by atoms with Crippen LogP contribution in [0.2, 0.25) is 0 Å². The standard InChI is InChI=1S/C11H11BrINO3/c1-6(11(16)17)5-14-10(15)8-4-7(13)2-3-9(8)12/h2-4,6H,5H2,1H3,(H,14,15)(H,16,17). The Bertz CT molecular complexity index is 450. The molecule has 4 nitrogen and oxygen atoms in total. The van der Waals surface area contributed by atoms with Crippen molar-refractivity contribution in [3.63, 3.8) is 0 Å². The second kappa shape index (κ2) is 6.34. The lowest BCUT2D eigenvalue weighted by atomic mass is 10.1. The molecule has 1 amide bonds. The Morgan fingerprint density at radius 2 is 2.18 bits per heavy atom. The molecule has 1 rings (SSSR count). The molecule has 0 fully saturated rings. The van der Waals surface area contributed by atoms with E-state index in [1.165, 1.54) is 0 Å². The van der Waals surface area contributed by atoms with Gasteiger partial charge in [0.15, 0.2) is 0 Å². The molecule has 0 aliphatic rings. The topological polar surface area (TPSA) is 66.4 Å². The number of benzene rings is 1. The lowest BCUT2D eigenvalue weighted by Gasteiger charge is -2.09. The van der Waals surface area contributed by atoms with Crippen molar-refractivity contribution in [3.8, 4) is 0 Å². The first-order chi connectivity index (χ1) is 7.91. The van der Waals surface area contributed by atoms with Crippen LogP contribution >= 0.6 is 38.5 Å². The van der Waals surface area contributed by atoms with Crippen LogP contribution in [0, 0.1) is 9.49 Å². The van der Waals surface area contributed by atoms with Crippen molar-refractivity contribution >= 4 is 50.4 Å². The summed E-state index contributed by atoms with van der Waals surface area (Å²) in [4.78, 5) is 22.4. The first-order valence-corrected chi connectivity index (χ1v) is 6.75. The van der Waals surface area contributed by atoms with Crippen LogP contribution in [0.5, 0.6) is 0 Å². The summed E-state index contributed by atoms with van der Waals surface area (Å²) in [6.45, 7) is 1.67. The molecule has 17 heavy (non-hydrogen) atoms. The van der Waals surface area contributed by atoms with Gasteiger partial charge in [-0.15, -0.1) is 0 Å². The average Bonchev–Trinajstić information content (AvgIpc) is 2.28. The zero-order valence-corrected chi connectivity index (χ0v) is 12.8. The Morgan fingerprint density at radius 1 is 1.53 bits per heavy atom. The molecule has 0 bridgehead atoms. The van der Waals surface area contributed by atoms with Gasteiger partial charge < -0.3 is 10.4 Å². The number of hydrogen-bond donors (Lipinski definition) is 2. The highest BCUT2D eigenvalue weighted by atomic mass is 127. The lowest BCUT2D eigenvalue weighted by molar-refractivity contribution is -0.140. The van der Waals surface area contributed by atoms with Crippen LogP contribution in [0.25, 0.3) is 0 Å². The van der Waals surface area contributed by atoms with E-state index in [9.17, 15) is 9.59 Å². The van der Waals surface area contributed by atoms with Gasteiger partial charge in [-0.25, -0.2) is 0 Å². The second-order valence-electron chi connectivity index (χ2n) is 3.57. The minimum atomic E-state index is -0.924. The molecule has 1 aromatic carbocycles. The molecule has 0 heterocycles. The van der Waals surface area contributed by atoms with Crippen LogP contribution in [0.1, 0.15) is 17.3 Å². The summed E-state index contributed by atoms with van der Waals surface area (Å²) in [5.41, 5.74) is 0.509. The molecule has 0 aromatic heterocycles. The van der Waals surface area contributed by atoms with Gasteiger partial charge in [0.1, 0.15) is 0 Å². The highest BCUT2D eigenvalue weighted by molar-refractivity contribution is 14.1. The summed E-state index contributed by atoms with van der Waals surface area (Å²) in [6.07, 6.45) is 0. The zero-order chi connectivity index (χ0) is 13.0. The van der Waals surface area contributed by atoms with Gasteiger partial charge in [0.2, 0.25) is 0 Å². The van der Waals surface area contributed by atoms with Gasteiger partial charge in [0.05, 0.1) is 11.5 Å². The maximum atomic E-state index is 11.8. The van der Waals surface area contributed by atoms with Gasteiger partial charge in [0.25, 0.3) is 5.91 Å².